The number of halogens is 1. The summed E-state index contributed by atoms with van der Waals surface area (Å²) in [6.45, 7) is 13.1. The fraction of sp³-hybridized carbons (Fsp3) is 0.241. The van der Waals surface area contributed by atoms with Crippen LogP contribution in [0.1, 0.15) is 25.5 Å². The normalized spacial score (nSPS) is 22.7. The third-order valence-corrected chi connectivity index (χ3v) is 7.60. The number of allylic oxidation sites excluding steroid dienone is 3. The number of nitrogens with zero attached hydrogens (tertiary/aromatic N) is 3. The Morgan fingerprint density at radius 1 is 1.31 bits per heavy atom. The van der Waals surface area contributed by atoms with E-state index in [-0.39, 0.29) is 11.2 Å². The largest absolute Gasteiger partial charge is 0.404 e. The molecular weight excluding hydrogens is 469 g/mol. The number of benzene rings is 1. The number of rotatable bonds is 8. The molecule has 7 heteroatoms. The minimum Gasteiger partial charge on any atom is -0.404 e. The van der Waals surface area contributed by atoms with Gasteiger partial charge >= 0.3 is 0 Å². The lowest BCUT2D eigenvalue weighted by molar-refractivity contribution is 0.289. The van der Waals surface area contributed by atoms with Crippen molar-refractivity contribution in [1.29, 1.82) is 0 Å². The quantitative estimate of drug-likeness (QED) is 0.335. The van der Waals surface area contributed by atoms with Crippen LogP contribution in [-0.4, -0.2) is 34.6 Å². The van der Waals surface area contributed by atoms with E-state index in [1.165, 1.54) is 17.7 Å². The van der Waals surface area contributed by atoms with Gasteiger partial charge in [-0.15, -0.1) is 0 Å². The average molecular weight is 502 g/mol. The van der Waals surface area contributed by atoms with Crippen molar-refractivity contribution >= 4 is 28.9 Å². The second kappa shape index (κ2) is 11.5. The molecule has 1 fully saturated rings. The van der Waals surface area contributed by atoms with Crippen molar-refractivity contribution in [1.82, 2.24) is 14.6 Å². The van der Waals surface area contributed by atoms with Gasteiger partial charge in [0, 0.05) is 42.4 Å². The minimum atomic E-state index is -0.378. The molecule has 0 spiro atoms. The number of fused-ring (bicyclic) bond motifs is 1. The van der Waals surface area contributed by atoms with E-state index in [9.17, 15) is 4.39 Å². The third kappa shape index (κ3) is 5.53. The van der Waals surface area contributed by atoms with Crippen molar-refractivity contribution in [2.45, 2.75) is 19.8 Å². The lowest BCUT2D eigenvalue weighted by Gasteiger charge is -2.48. The van der Waals surface area contributed by atoms with E-state index < -0.39 is 0 Å². The number of hydrogen-bond acceptors (Lipinski definition) is 6. The Kier molecular flexibility index (Phi) is 8.23. The maximum atomic E-state index is 13.4. The van der Waals surface area contributed by atoms with Gasteiger partial charge in [0.2, 0.25) is 0 Å². The molecule has 186 valence electrons. The molecule has 2 aromatic rings. The van der Waals surface area contributed by atoms with Crippen LogP contribution in [0.2, 0.25) is 0 Å². The van der Waals surface area contributed by atoms with Gasteiger partial charge in [0.1, 0.15) is 5.82 Å². The fourth-order valence-corrected chi connectivity index (χ4v) is 5.63. The summed E-state index contributed by atoms with van der Waals surface area (Å²) in [5.41, 5.74) is 11.3. The van der Waals surface area contributed by atoms with E-state index in [2.05, 4.69) is 40.8 Å². The number of pyridine rings is 1. The summed E-state index contributed by atoms with van der Waals surface area (Å²) in [5, 5.41) is 3.27. The highest BCUT2D eigenvalue weighted by molar-refractivity contribution is 8.01. The van der Waals surface area contributed by atoms with Gasteiger partial charge in [-0.3, -0.25) is 4.98 Å². The molecule has 3 N–H and O–H groups in total. The highest BCUT2D eigenvalue weighted by Gasteiger charge is 2.46. The van der Waals surface area contributed by atoms with Gasteiger partial charge in [0.25, 0.3) is 0 Å². The van der Waals surface area contributed by atoms with Crippen LogP contribution in [0.3, 0.4) is 0 Å². The highest BCUT2D eigenvalue weighted by Crippen LogP contribution is 2.53. The van der Waals surface area contributed by atoms with Crippen LogP contribution in [0.15, 0.2) is 107 Å². The summed E-state index contributed by atoms with van der Waals surface area (Å²) in [7, 11) is 0. The van der Waals surface area contributed by atoms with Crippen molar-refractivity contribution in [2.24, 2.45) is 16.1 Å². The summed E-state index contributed by atoms with van der Waals surface area (Å²) >= 11 is 1.69. The molecule has 36 heavy (non-hydrogen) atoms. The van der Waals surface area contributed by atoms with Crippen LogP contribution in [0.25, 0.3) is 5.57 Å². The van der Waals surface area contributed by atoms with Gasteiger partial charge in [-0.2, -0.15) is 0 Å². The first kappa shape index (κ1) is 25.7. The molecule has 1 atom stereocenters. The predicted octanol–water partition coefficient (Wildman–Crippen LogP) is 6.16. The topological polar surface area (TPSA) is 66.5 Å². The molecule has 1 unspecified atom stereocenters. The molecule has 0 radical (unpaired) electrons. The van der Waals surface area contributed by atoms with Crippen LogP contribution in [0, 0.1) is 11.2 Å². The first-order valence-corrected chi connectivity index (χ1v) is 12.8. The number of aromatic nitrogens is 1. The molecule has 1 saturated heterocycles. The third-order valence-electron chi connectivity index (χ3n) is 6.54. The molecule has 5 nitrogen and oxygen atoms in total. The van der Waals surface area contributed by atoms with Crippen molar-refractivity contribution in [3.63, 3.8) is 0 Å². The summed E-state index contributed by atoms with van der Waals surface area (Å²) in [6.07, 6.45) is 11.0. The molecule has 1 aliphatic carbocycles. The maximum absolute atomic E-state index is 13.4. The average Bonchev–Trinajstić information content (AvgIpc) is 2.92. The highest BCUT2D eigenvalue weighted by atomic mass is 32.2. The van der Waals surface area contributed by atoms with E-state index in [4.69, 9.17) is 10.7 Å². The fourth-order valence-electron chi connectivity index (χ4n) is 4.66. The first-order valence-electron chi connectivity index (χ1n) is 12.0. The molecule has 0 amide bonds. The van der Waals surface area contributed by atoms with Gasteiger partial charge < -0.3 is 11.1 Å². The Morgan fingerprint density at radius 2 is 2.11 bits per heavy atom. The number of nitrogens with two attached hydrogens (primary N) is 1. The van der Waals surface area contributed by atoms with Gasteiger partial charge in [-0.05, 0) is 91.5 Å². The number of nitrogens with one attached hydrogen (secondary N) is 1. The molecule has 2 aliphatic rings. The smallest absolute Gasteiger partial charge is 0.123 e. The molecule has 0 bridgehead atoms. The zero-order valence-corrected chi connectivity index (χ0v) is 21.4. The lowest BCUT2D eigenvalue weighted by atomic mass is 9.63. The molecule has 0 saturated carbocycles. The second-order valence-corrected chi connectivity index (χ2v) is 9.97. The van der Waals surface area contributed by atoms with Crippen LogP contribution < -0.4 is 11.1 Å². The molecule has 1 aromatic carbocycles. The number of hydrogen-bond donors (Lipinski definition) is 2. The molecule has 1 aliphatic heterocycles. The summed E-state index contributed by atoms with van der Waals surface area (Å²) < 4.78 is 15.8. The molecule has 2 heterocycles. The maximum Gasteiger partial charge on any atom is 0.123 e. The number of piperidine rings is 1. The summed E-state index contributed by atoms with van der Waals surface area (Å²) in [6, 6.07) is 12.1. The van der Waals surface area contributed by atoms with E-state index in [0.29, 0.717) is 12.1 Å². The summed E-state index contributed by atoms with van der Waals surface area (Å²) in [4.78, 5) is 10.5. The van der Waals surface area contributed by atoms with Gasteiger partial charge in [0.15, 0.2) is 0 Å². The SMILES string of the molecule is C=C/C(=C\NCC)SN1CCC2=CC(=Nc3ccc(F)cc3)C(=CN)CC2(C(=C)c2ccccn2)C1. The van der Waals surface area contributed by atoms with E-state index in [1.807, 2.05) is 30.5 Å². The molecular formula is C29H32FN5S. The standard InChI is InChI=1S/C29H32FN5S/c1-4-26(19-32-5-2)36-35-15-13-23-16-28(34-25-11-9-24(30)10-12-25)22(18-31)17-29(23,20-35)21(3)27-8-6-7-14-33-27/h4,6-12,14,16,18-19,32H,1,3,5,13,15,17,20,31H2,2H3/b22-18?,26-19+,34-28?. The van der Waals surface area contributed by atoms with Crippen molar-refractivity contribution < 1.29 is 4.39 Å². The Labute approximate surface area is 217 Å². The van der Waals surface area contributed by atoms with Crippen molar-refractivity contribution in [3.8, 4) is 0 Å². The Bertz CT molecular complexity index is 1230. The Morgan fingerprint density at radius 3 is 2.78 bits per heavy atom. The van der Waals surface area contributed by atoms with Crippen molar-refractivity contribution in [3.05, 3.63) is 114 Å². The van der Waals surface area contributed by atoms with E-state index >= 15 is 0 Å². The van der Waals surface area contributed by atoms with E-state index in [1.54, 1.807) is 36.5 Å². The zero-order chi connectivity index (χ0) is 25.5. The van der Waals surface area contributed by atoms with Crippen molar-refractivity contribution in [2.75, 3.05) is 19.6 Å². The second-order valence-electron chi connectivity index (χ2n) is 8.80. The number of aliphatic imine (C=N–C) groups is 1. The zero-order valence-electron chi connectivity index (χ0n) is 20.6. The Balaban J connectivity index is 1.75. The first-order chi connectivity index (χ1) is 17.5. The monoisotopic (exact) mass is 501 g/mol. The molecule has 1 aromatic heterocycles. The van der Waals surface area contributed by atoms with Gasteiger partial charge in [-0.25, -0.2) is 13.7 Å². The van der Waals surface area contributed by atoms with Crippen LogP contribution in [0.5, 0.6) is 0 Å². The van der Waals surface area contributed by atoms with Crippen LogP contribution in [0.4, 0.5) is 10.1 Å². The lowest BCUT2D eigenvalue weighted by Crippen LogP contribution is -2.45. The van der Waals surface area contributed by atoms with Crippen LogP contribution >= 0.6 is 11.9 Å². The van der Waals surface area contributed by atoms with E-state index in [0.717, 1.165) is 53.5 Å². The van der Waals surface area contributed by atoms with Gasteiger partial charge in [0.05, 0.1) is 17.1 Å². The predicted molar refractivity (Wildman–Crippen MR) is 150 cm³/mol. The summed E-state index contributed by atoms with van der Waals surface area (Å²) in [5.74, 6) is -0.284. The van der Waals surface area contributed by atoms with Gasteiger partial charge in [-0.1, -0.05) is 30.9 Å². The molecule has 4 rings (SSSR count). The Hall–Kier alpha value is -3.42. The van der Waals surface area contributed by atoms with Crippen LogP contribution in [-0.2, 0) is 0 Å². The minimum absolute atomic E-state index is 0.284.